The van der Waals surface area contributed by atoms with Crippen LogP contribution in [0.25, 0.3) is 0 Å². The average Bonchev–Trinajstić information content (AvgIpc) is 2.99. The summed E-state index contributed by atoms with van der Waals surface area (Å²) in [6.45, 7) is 0. The van der Waals surface area contributed by atoms with Gasteiger partial charge in [-0.25, -0.2) is 13.3 Å². The van der Waals surface area contributed by atoms with Crippen molar-refractivity contribution in [3.63, 3.8) is 0 Å². The van der Waals surface area contributed by atoms with Crippen molar-refractivity contribution in [2.75, 3.05) is 16.7 Å². The molecule has 11 heteroatoms. The van der Waals surface area contributed by atoms with Crippen molar-refractivity contribution in [1.29, 1.82) is 0 Å². The molecule has 0 spiro atoms. The Bertz CT molecular complexity index is 1180. The molecule has 2 amide bonds. The lowest BCUT2D eigenvalue weighted by Crippen LogP contribution is -2.29. The Balaban J connectivity index is 1.58. The zero-order valence-electron chi connectivity index (χ0n) is 14.9. The van der Waals surface area contributed by atoms with Gasteiger partial charge in [-0.15, -0.1) is 10.2 Å². The van der Waals surface area contributed by atoms with Gasteiger partial charge in [-0.05, 0) is 42.5 Å². The van der Waals surface area contributed by atoms with Gasteiger partial charge in [0, 0.05) is 12.3 Å². The summed E-state index contributed by atoms with van der Waals surface area (Å²) in [6, 6.07) is 11.3. The third kappa shape index (κ3) is 3.27. The van der Waals surface area contributed by atoms with Crippen LogP contribution in [0, 0.1) is 0 Å². The molecule has 0 aliphatic carbocycles. The number of anilines is 2. The van der Waals surface area contributed by atoms with Crippen molar-refractivity contribution in [2.24, 2.45) is 0 Å². The molecular formula is C18H13N5O5S. The van der Waals surface area contributed by atoms with E-state index >= 15 is 0 Å². The summed E-state index contributed by atoms with van der Waals surface area (Å²) in [5.74, 6) is -0.817. The lowest BCUT2D eigenvalue weighted by Gasteiger charge is -2.14. The van der Waals surface area contributed by atoms with Crippen LogP contribution >= 0.6 is 0 Å². The molecule has 1 aliphatic rings. The first kappa shape index (κ1) is 18.5. The molecule has 2 aromatic heterocycles. The van der Waals surface area contributed by atoms with Crippen molar-refractivity contribution < 1.29 is 22.7 Å². The molecule has 146 valence electrons. The van der Waals surface area contributed by atoms with Gasteiger partial charge in [-0.1, -0.05) is 0 Å². The Morgan fingerprint density at radius 2 is 1.72 bits per heavy atom. The molecule has 1 aromatic carbocycles. The van der Waals surface area contributed by atoms with E-state index in [-0.39, 0.29) is 33.5 Å². The number of hydrogen-bond acceptors (Lipinski definition) is 8. The van der Waals surface area contributed by atoms with Crippen molar-refractivity contribution in [2.45, 2.75) is 4.90 Å². The first-order chi connectivity index (χ1) is 13.9. The highest BCUT2D eigenvalue weighted by molar-refractivity contribution is 7.92. The fraction of sp³-hybridized carbons (Fsp3) is 0.0556. The van der Waals surface area contributed by atoms with Gasteiger partial charge >= 0.3 is 0 Å². The summed E-state index contributed by atoms with van der Waals surface area (Å²) in [4.78, 5) is 29.8. The van der Waals surface area contributed by atoms with Crippen molar-refractivity contribution in [3.05, 3.63) is 66.0 Å². The largest absolute Gasteiger partial charge is 0.480 e. The zero-order valence-corrected chi connectivity index (χ0v) is 15.8. The summed E-state index contributed by atoms with van der Waals surface area (Å²) < 4.78 is 32.2. The van der Waals surface area contributed by atoms with Gasteiger partial charge in [-0.2, -0.15) is 0 Å². The number of nitrogens with one attached hydrogen (secondary N) is 1. The van der Waals surface area contributed by atoms with Gasteiger partial charge in [0.2, 0.25) is 5.88 Å². The molecule has 0 bridgehead atoms. The molecule has 0 fully saturated rings. The number of fused-ring (bicyclic) bond motifs is 1. The van der Waals surface area contributed by atoms with Crippen LogP contribution in [0.5, 0.6) is 5.88 Å². The molecule has 1 N–H and O–H groups in total. The van der Waals surface area contributed by atoms with Crippen LogP contribution in [0.2, 0.25) is 0 Å². The third-order valence-corrected chi connectivity index (χ3v) is 5.51. The minimum atomic E-state index is -3.95. The van der Waals surface area contributed by atoms with Crippen LogP contribution < -0.4 is 14.4 Å². The number of imide groups is 1. The smallest absolute Gasteiger partial charge is 0.284 e. The number of benzene rings is 1. The third-order valence-electron chi connectivity index (χ3n) is 4.14. The summed E-state index contributed by atoms with van der Waals surface area (Å²) in [7, 11) is -2.53. The van der Waals surface area contributed by atoms with E-state index in [1.807, 2.05) is 0 Å². The predicted molar refractivity (Wildman–Crippen MR) is 101 cm³/mol. The van der Waals surface area contributed by atoms with Gasteiger partial charge < -0.3 is 4.74 Å². The highest BCUT2D eigenvalue weighted by Gasteiger charge is 2.37. The van der Waals surface area contributed by atoms with Crippen LogP contribution in [0.3, 0.4) is 0 Å². The Morgan fingerprint density at radius 3 is 2.34 bits per heavy atom. The fourth-order valence-corrected chi connectivity index (χ4v) is 3.75. The molecular weight excluding hydrogens is 398 g/mol. The molecule has 0 unspecified atom stereocenters. The molecule has 0 radical (unpaired) electrons. The number of carbonyl (C=O) groups is 2. The van der Waals surface area contributed by atoms with Crippen LogP contribution in [-0.4, -0.2) is 42.5 Å². The SMILES string of the molecule is COc1ccc(NS(=O)(=O)c2ccc(N3C(=O)c4cccnc4C3=O)cc2)nn1. The molecule has 1 aliphatic heterocycles. The maximum absolute atomic E-state index is 12.5. The highest BCUT2D eigenvalue weighted by Crippen LogP contribution is 2.28. The summed E-state index contributed by atoms with van der Waals surface area (Å²) in [6.07, 6.45) is 1.43. The second kappa shape index (κ2) is 6.95. The van der Waals surface area contributed by atoms with E-state index in [2.05, 4.69) is 19.9 Å². The maximum Gasteiger partial charge on any atom is 0.284 e. The number of rotatable bonds is 5. The second-order valence-electron chi connectivity index (χ2n) is 5.91. The van der Waals surface area contributed by atoms with Crippen LogP contribution in [0.1, 0.15) is 20.8 Å². The predicted octanol–water partition coefficient (Wildman–Crippen LogP) is 1.48. The normalized spacial score (nSPS) is 13.3. The van der Waals surface area contributed by atoms with E-state index in [0.29, 0.717) is 0 Å². The summed E-state index contributed by atoms with van der Waals surface area (Å²) in [5, 5.41) is 7.40. The van der Waals surface area contributed by atoms with Crippen LogP contribution in [-0.2, 0) is 10.0 Å². The number of amides is 2. The Hall–Kier alpha value is -3.86. The molecule has 3 heterocycles. The minimum Gasteiger partial charge on any atom is -0.480 e. The molecule has 0 saturated heterocycles. The van der Waals surface area contributed by atoms with Crippen LogP contribution in [0.4, 0.5) is 11.5 Å². The van der Waals surface area contributed by atoms with E-state index in [1.165, 1.54) is 55.8 Å². The molecule has 0 atom stereocenters. The summed E-state index contributed by atoms with van der Waals surface area (Å²) in [5.41, 5.74) is 0.504. The van der Waals surface area contributed by atoms with Gasteiger partial charge in [-0.3, -0.25) is 19.3 Å². The molecule has 29 heavy (non-hydrogen) atoms. The molecule has 10 nitrogen and oxygen atoms in total. The number of aromatic nitrogens is 3. The Kier molecular flexibility index (Phi) is 4.43. The van der Waals surface area contributed by atoms with E-state index in [1.54, 1.807) is 6.07 Å². The number of nitrogens with zero attached hydrogens (tertiary/aromatic N) is 4. The number of methoxy groups -OCH3 is 1. The van der Waals surface area contributed by atoms with Gasteiger partial charge in [0.25, 0.3) is 21.8 Å². The maximum atomic E-state index is 12.5. The van der Waals surface area contributed by atoms with E-state index < -0.39 is 21.8 Å². The topological polar surface area (TPSA) is 131 Å². The number of carbonyl (C=O) groups excluding carboxylic acids is 2. The van der Waals surface area contributed by atoms with E-state index in [4.69, 9.17) is 4.74 Å². The average molecular weight is 411 g/mol. The lowest BCUT2D eigenvalue weighted by molar-refractivity contribution is 0.0924. The number of hydrogen-bond donors (Lipinski definition) is 1. The van der Waals surface area contributed by atoms with Crippen LogP contribution in [0.15, 0.2) is 59.6 Å². The van der Waals surface area contributed by atoms with Crippen molar-refractivity contribution >= 4 is 33.3 Å². The molecule has 3 aromatic rings. The summed E-state index contributed by atoms with van der Waals surface area (Å²) >= 11 is 0. The van der Waals surface area contributed by atoms with E-state index in [0.717, 1.165) is 4.90 Å². The second-order valence-corrected chi connectivity index (χ2v) is 7.59. The first-order valence-corrected chi connectivity index (χ1v) is 9.73. The number of pyridine rings is 1. The Labute approximate surface area is 165 Å². The van der Waals surface area contributed by atoms with Gasteiger partial charge in [0.05, 0.1) is 23.3 Å². The lowest BCUT2D eigenvalue weighted by atomic mass is 10.2. The molecule has 0 saturated carbocycles. The minimum absolute atomic E-state index is 0.0151. The molecule has 4 rings (SSSR count). The number of ether oxygens (including phenoxy) is 1. The first-order valence-electron chi connectivity index (χ1n) is 8.25. The Morgan fingerprint density at radius 1 is 0.966 bits per heavy atom. The highest BCUT2D eigenvalue weighted by atomic mass is 32.2. The zero-order chi connectivity index (χ0) is 20.6. The van der Waals surface area contributed by atoms with Crippen molar-refractivity contribution in [3.8, 4) is 5.88 Å². The van der Waals surface area contributed by atoms with Crippen molar-refractivity contribution in [1.82, 2.24) is 15.2 Å². The van der Waals surface area contributed by atoms with E-state index in [9.17, 15) is 18.0 Å². The quantitative estimate of drug-likeness (QED) is 0.625. The fourth-order valence-electron chi connectivity index (χ4n) is 2.76. The number of sulfonamides is 1. The van der Waals surface area contributed by atoms with Gasteiger partial charge in [0.1, 0.15) is 5.69 Å². The van der Waals surface area contributed by atoms with Gasteiger partial charge in [0.15, 0.2) is 5.82 Å². The monoisotopic (exact) mass is 411 g/mol. The standard InChI is InChI=1S/C18H13N5O5S/c1-28-15-9-8-14(20-21-15)22-29(26,27)12-6-4-11(5-7-12)23-17(24)13-3-2-10-19-16(13)18(23)25/h2-10H,1H3,(H,20,22).